The van der Waals surface area contributed by atoms with E-state index in [2.05, 4.69) is 10.6 Å². The maximum absolute atomic E-state index is 12.0. The molecule has 0 aliphatic carbocycles. The number of benzene rings is 1. The molecule has 6 heteroatoms. The van der Waals surface area contributed by atoms with E-state index in [-0.39, 0.29) is 18.4 Å². The molecule has 1 heterocycles. The lowest BCUT2D eigenvalue weighted by atomic mass is 10.2. The molecule has 6 nitrogen and oxygen atoms in total. The quantitative estimate of drug-likeness (QED) is 0.701. The Morgan fingerprint density at radius 3 is 2.91 bits per heavy atom. The summed E-state index contributed by atoms with van der Waals surface area (Å²) in [5.74, 6) is 0.751. The van der Waals surface area contributed by atoms with Gasteiger partial charge in [0.1, 0.15) is 5.75 Å². The first-order valence-electron chi connectivity index (χ1n) is 7.66. The van der Waals surface area contributed by atoms with Crippen molar-refractivity contribution < 1.29 is 14.3 Å². The number of rotatable bonds is 8. The Morgan fingerprint density at radius 2 is 2.09 bits per heavy atom. The lowest BCUT2D eigenvalue weighted by Crippen LogP contribution is -2.40. The van der Waals surface area contributed by atoms with Crippen molar-refractivity contribution in [2.24, 2.45) is 0 Å². The van der Waals surface area contributed by atoms with Gasteiger partial charge < -0.3 is 20.3 Å². The van der Waals surface area contributed by atoms with Crippen molar-refractivity contribution in [1.29, 1.82) is 0 Å². The topological polar surface area (TPSA) is 70.7 Å². The number of carbonyl (C=O) groups is 2. The van der Waals surface area contributed by atoms with Crippen LogP contribution in [0.5, 0.6) is 5.75 Å². The highest BCUT2D eigenvalue weighted by atomic mass is 16.5. The zero-order valence-corrected chi connectivity index (χ0v) is 12.9. The number of amides is 2. The van der Waals surface area contributed by atoms with Crippen LogP contribution in [0.15, 0.2) is 24.3 Å². The Labute approximate surface area is 130 Å². The van der Waals surface area contributed by atoms with E-state index in [9.17, 15) is 9.59 Å². The highest BCUT2D eigenvalue weighted by Crippen LogP contribution is 2.31. The summed E-state index contributed by atoms with van der Waals surface area (Å²) < 4.78 is 5.40. The molecule has 1 aromatic carbocycles. The maximum Gasteiger partial charge on any atom is 0.265 e. The van der Waals surface area contributed by atoms with E-state index in [1.54, 1.807) is 4.90 Å². The molecule has 0 radical (unpaired) electrons. The Balaban J connectivity index is 1.75. The molecule has 0 bridgehead atoms. The number of fused-ring (bicyclic) bond motifs is 1. The normalized spacial score (nSPS) is 13.5. The number of nitrogens with zero attached hydrogens (tertiary/aromatic N) is 1. The van der Waals surface area contributed by atoms with E-state index >= 15 is 0 Å². The number of carbonyl (C=O) groups excluding carboxylic acids is 2. The second kappa shape index (κ2) is 8.38. The van der Waals surface area contributed by atoms with E-state index < -0.39 is 0 Å². The van der Waals surface area contributed by atoms with Crippen LogP contribution in [0.25, 0.3) is 0 Å². The van der Waals surface area contributed by atoms with Crippen LogP contribution in [0, 0.1) is 0 Å². The summed E-state index contributed by atoms with van der Waals surface area (Å²) in [6.07, 6.45) is 2.08. The minimum Gasteiger partial charge on any atom is -0.482 e. The zero-order valence-electron chi connectivity index (χ0n) is 12.9. The summed E-state index contributed by atoms with van der Waals surface area (Å²) in [7, 11) is 1.87. The van der Waals surface area contributed by atoms with Gasteiger partial charge in [-0.05, 0) is 38.6 Å². The molecule has 0 spiro atoms. The first kappa shape index (κ1) is 16.3. The van der Waals surface area contributed by atoms with Gasteiger partial charge >= 0.3 is 0 Å². The van der Waals surface area contributed by atoms with E-state index in [1.807, 2.05) is 31.3 Å². The smallest absolute Gasteiger partial charge is 0.265 e. The minimum atomic E-state index is -0.0425. The summed E-state index contributed by atoms with van der Waals surface area (Å²) in [6, 6.07) is 7.51. The highest BCUT2D eigenvalue weighted by molar-refractivity contribution is 5.97. The fourth-order valence-electron chi connectivity index (χ4n) is 2.38. The lowest BCUT2D eigenvalue weighted by molar-refractivity contribution is -0.121. The van der Waals surface area contributed by atoms with Crippen LogP contribution >= 0.6 is 0 Å². The van der Waals surface area contributed by atoms with Crippen molar-refractivity contribution in [3.63, 3.8) is 0 Å². The van der Waals surface area contributed by atoms with Crippen molar-refractivity contribution in [3.05, 3.63) is 24.3 Å². The number of anilines is 1. The molecule has 22 heavy (non-hydrogen) atoms. The molecule has 0 aromatic heterocycles. The second-order valence-corrected chi connectivity index (χ2v) is 5.21. The van der Waals surface area contributed by atoms with Crippen LogP contribution in [0.4, 0.5) is 5.69 Å². The van der Waals surface area contributed by atoms with Crippen LogP contribution in [-0.4, -0.2) is 45.1 Å². The van der Waals surface area contributed by atoms with Gasteiger partial charge in [-0.15, -0.1) is 0 Å². The third-order valence-electron chi connectivity index (χ3n) is 3.52. The fourth-order valence-corrected chi connectivity index (χ4v) is 2.38. The average Bonchev–Trinajstić information content (AvgIpc) is 2.53. The molecule has 1 aromatic rings. The van der Waals surface area contributed by atoms with Gasteiger partial charge in [-0.1, -0.05) is 12.1 Å². The van der Waals surface area contributed by atoms with Crippen molar-refractivity contribution in [1.82, 2.24) is 10.6 Å². The molecule has 1 aliphatic heterocycles. The van der Waals surface area contributed by atoms with Crippen LogP contribution in [0.3, 0.4) is 0 Å². The molecule has 0 saturated heterocycles. The van der Waals surface area contributed by atoms with Gasteiger partial charge in [0, 0.05) is 19.5 Å². The van der Waals surface area contributed by atoms with E-state index in [0.29, 0.717) is 19.5 Å². The standard InChI is InChI=1S/C16H23N3O3/c1-17-9-4-8-15(20)18-10-5-11-19-13-6-2-3-7-14(13)22-12-16(19)21/h2-3,6-7,17H,4-5,8-12H2,1H3,(H,18,20). The maximum atomic E-state index is 12.0. The van der Waals surface area contributed by atoms with Gasteiger partial charge in [0.05, 0.1) is 5.69 Å². The monoisotopic (exact) mass is 305 g/mol. The average molecular weight is 305 g/mol. The first-order valence-corrected chi connectivity index (χ1v) is 7.66. The highest BCUT2D eigenvalue weighted by Gasteiger charge is 2.24. The van der Waals surface area contributed by atoms with Gasteiger partial charge in [-0.2, -0.15) is 0 Å². The lowest BCUT2D eigenvalue weighted by Gasteiger charge is -2.29. The van der Waals surface area contributed by atoms with Crippen molar-refractivity contribution >= 4 is 17.5 Å². The number of ether oxygens (including phenoxy) is 1. The molecular weight excluding hydrogens is 282 g/mol. The Hall–Kier alpha value is -2.08. The third-order valence-corrected chi connectivity index (χ3v) is 3.52. The van der Waals surface area contributed by atoms with Crippen LogP contribution in [0.2, 0.25) is 0 Å². The molecule has 0 unspecified atom stereocenters. The molecule has 0 saturated carbocycles. The molecule has 1 aliphatic rings. The summed E-state index contributed by atoms with van der Waals surface area (Å²) in [5.41, 5.74) is 0.805. The number of hydrogen-bond acceptors (Lipinski definition) is 4. The SMILES string of the molecule is CNCCCC(=O)NCCCN1C(=O)COc2ccccc21. The van der Waals surface area contributed by atoms with Crippen LogP contribution in [0.1, 0.15) is 19.3 Å². The van der Waals surface area contributed by atoms with Gasteiger partial charge in [0.2, 0.25) is 5.91 Å². The molecular formula is C16H23N3O3. The first-order chi connectivity index (χ1) is 10.7. The van der Waals surface area contributed by atoms with E-state index in [0.717, 1.165) is 30.8 Å². The van der Waals surface area contributed by atoms with Crippen LogP contribution < -0.4 is 20.3 Å². The van der Waals surface area contributed by atoms with Gasteiger partial charge in [-0.3, -0.25) is 9.59 Å². The summed E-state index contributed by atoms with van der Waals surface area (Å²) in [4.78, 5) is 25.3. The summed E-state index contributed by atoms with van der Waals surface area (Å²) >= 11 is 0. The molecule has 2 N–H and O–H groups in total. The number of para-hydroxylation sites is 2. The van der Waals surface area contributed by atoms with Gasteiger partial charge in [0.25, 0.3) is 5.91 Å². The molecule has 0 fully saturated rings. The Kier molecular flexibility index (Phi) is 6.21. The molecule has 0 atom stereocenters. The van der Waals surface area contributed by atoms with Crippen LogP contribution in [-0.2, 0) is 9.59 Å². The van der Waals surface area contributed by atoms with Crippen molar-refractivity contribution in [2.45, 2.75) is 19.3 Å². The number of hydrogen-bond donors (Lipinski definition) is 2. The molecule has 120 valence electrons. The van der Waals surface area contributed by atoms with Gasteiger partial charge in [-0.25, -0.2) is 0 Å². The van der Waals surface area contributed by atoms with E-state index in [1.165, 1.54) is 0 Å². The third kappa shape index (κ3) is 4.46. The van der Waals surface area contributed by atoms with E-state index in [4.69, 9.17) is 4.74 Å². The minimum absolute atomic E-state index is 0.0425. The number of nitrogens with one attached hydrogen (secondary N) is 2. The Morgan fingerprint density at radius 1 is 1.27 bits per heavy atom. The molecule has 2 amide bonds. The molecule has 2 rings (SSSR count). The predicted molar refractivity (Wildman–Crippen MR) is 85.1 cm³/mol. The zero-order chi connectivity index (χ0) is 15.8. The predicted octanol–water partition coefficient (Wildman–Crippen LogP) is 0.918. The largest absolute Gasteiger partial charge is 0.482 e. The van der Waals surface area contributed by atoms with Crippen molar-refractivity contribution in [2.75, 3.05) is 38.2 Å². The Bertz CT molecular complexity index is 519. The fraction of sp³-hybridized carbons (Fsp3) is 0.500. The summed E-state index contributed by atoms with van der Waals surface area (Å²) in [5, 5.41) is 5.90. The summed E-state index contributed by atoms with van der Waals surface area (Å²) in [6.45, 7) is 2.07. The second-order valence-electron chi connectivity index (χ2n) is 5.21. The van der Waals surface area contributed by atoms with Crippen molar-refractivity contribution in [3.8, 4) is 5.75 Å². The van der Waals surface area contributed by atoms with Gasteiger partial charge in [0.15, 0.2) is 6.61 Å².